The second-order valence-corrected chi connectivity index (χ2v) is 7.01. The number of nitrogens with one attached hydrogen (secondary N) is 1. The van der Waals surface area contributed by atoms with Crippen molar-refractivity contribution >= 4 is 32.2 Å². The van der Waals surface area contributed by atoms with Crippen LogP contribution in [0.1, 0.15) is 12.5 Å². The lowest BCUT2D eigenvalue weighted by atomic mass is 10.2. The van der Waals surface area contributed by atoms with Crippen LogP contribution in [0.15, 0.2) is 56.9 Å². The van der Waals surface area contributed by atoms with Crippen molar-refractivity contribution < 1.29 is 18.3 Å². The van der Waals surface area contributed by atoms with Gasteiger partial charge in [-0.2, -0.15) is 13.5 Å². The van der Waals surface area contributed by atoms with Gasteiger partial charge in [0.15, 0.2) is 11.5 Å². The van der Waals surface area contributed by atoms with Gasteiger partial charge >= 0.3 is 0 Å². The molecular formula is C15H15BrN2O4S. The first-order valence-corrected chi connectivity index (χ1v) is 8.97. The van der Waals surface area contributed by atoms with E-state index in [9.17, 15) is 13.5 Å². The zero-order valence-corrected chi connectivity index (χ0v) is 14.6. The average Bonchev–Trinajstić information content (AvgIpc) is 2.51. The van der Waals surface area contributed by atoms with Gasteiger partial charge in [-0.15, -0.1) is 0 Å². The van der Waals surface area contributed by atoms with Crippen LogP contribution < -0.4 is 9.57 Å². The van der Waals surface area contributed by atoms with Crippen LogP contribution in [0.4, 0.5) is 0 Å². The molecule has 0 bridgehead atoms. The highest BCUT2D eigenvalue weighted by Crippen LogP contribution is 2.28. The minimum absolute atomic E-state index is 0.0881. The highest BCUT2D eigenvalue weighted by atomic mass is 79.9. The van der Waals surface area contributed by atoms with Crippen molar-refractivity contribution in [1.29, 1.82) is 0 Å². The molecular weight excluding hydrogens is 384 g/mol. The van der Waals surface area contributed by atoms with E-state index in [1.165, 1.54) is 18.3 Å². The van der Waals surface area contributed by atoms with Crippen LogP contribution in [0.3, 0.4) is 0 Å². The van der Waals surface area contributed by atoms with Crippen LogP contribution in [0.25, 0.3) is 0 Å². The van der Waals surface area contributed by atoms with E-state index in [-0.39, 0.29) is 10.6 Å². The van der Waals surface area contributed by atoms with Crippen LogP contribution in [0.5, 0.6) is 11.5 Å². The summed E-state index contributed by atoms with van der Waals surface area (Å²) in [7, 11) is -3.76. The first-order valence-electron chi connectivity index (χ1n) is 6.69. The van der Waals surface area contributed by atoms with E-state index in [4.69, 9.17) is 4.74 Å². The summed E-state index contributed by atoms with van der Waals surface area (Å²) in [5, 5.41) is 13.7. The molecule has 0 aliphatic rings. The number of hydrazone groups is 1. The van der Waals surface area contributed by atoms with Crippen molar-refractivity contribution in [2.24, 2.45) is 5.10 Å². The summed E-state index contributed by atoms with van der Waals surface area (Å²) in [5.74, 6) is 0.216. The maximum Gasteiger partial charge on any atom is 0.276 e. The minimum Gasteiger partial charge on any atom is -0.504 e. The molecule has 0 saturated heterocycles. The molecule has 2 rings (SSSR count). The molecule has 0 aliphatic carbocycles. The number of halogens is 1. The zero-order chi connectivity index (χ0) is 16.9. The molecule has 2 N–H and O–H groups in total. The highest BCUT2D eigenvalue weighted by Gasteiger charge is 2.12. The molecule has 0 saturated carbocycles. The van der Waals surface area contributed by atoms with Crippen LogP contribution in [0, 0.1) is 0 Å². The Morgan fingerprint density at radius 2 is 1.96 bits per heavy atom. The van der Waals surface area contributed by atoms with Crippen molar-refractivity contribution in [3.05, 3.63) is 52.5 Å². The maximum absolute atomic E-state index is 12.1. The Balaban J connectivity index is 2.15. The van der Waals surface area contributed by atoms with E-state index in [0.717, 1.165) is 4.47 Å². The van der Waals surface area contributed by atoms with E-state index in [2.05, 4.69) is 25.9 Å². The molecule has 0 aromatic heterocycles. The molecule has 0 fully saturated rings. The van der Waals surface area contributed by atoms with Crippen molar-refractivity contribution in [3.8, 4) is 11.5 Å². The number of sulfonamides is 1. The number of phenolic OH excluding ortho intramolecular Hbond substituents is 1. The predicted molar refractivity (Wildman–Crippen MR) is 91.3 cm³/mol. The Kier molecular flexibility index (Phi) is 5.62. The van der Waals surface area contributed by atoms with Gasteiger partial charge < -0.3 is 9.84 Å². The third-order valence-electron chi connectivity index (χ3n) is 2.83. The lowest BCUT2D eigenvalue weighted by Crippen LogP contribution is -2.18. The third-order valence-corrected chi connectivity index (χ3v) is 4.60. The summed E-state index contributed by atoms with van der Waals surface area (Å²) in [6.07, 6.45) is 1.22. The molecule has 8 heteroatoms. The van der Waals surface area contributed by atoms with Gasteiger partial charge in [-0.25, -0.2) is 4.83 Å². The lowest BCUT2D eigenvalue weighted by Gasteiger charge is -2.07. The number of phenols is 1. The SMILES string of the molecule is CCOc1cccc(/C=N/NS(=O)(=O)c2ccc(Br)cc2)c1O. The van der Waals surface area contributed by atoms with Gasteiger partial charge in [-0.05, 0) is 43.3 Å². The van der Waals surface area contributed by atoms with Crippen LogP contribution in [0.2, 0.25) is 0 Å². The van der Waals surface area contributed by atoms with Crippen LogP contribution in [-0.4, -0.2) is 26.3 Å². The fraction of sp³-hybridized carbons (Fsp3) is 0.133. The first kappa shape index (κ1) is 17.3. The normalized spacial score (nSPS) is 11.6. The molecule has 0 spiro atoms. The Labute approximate surface area is 143 Å². The Morgan fingerprint density at radius 3 is 2.61 bits per heavy atom. The molecule has 6 nitrogen and oxygen atoms in total. The summed E-state index contributed by atoms with van der Waals surface area (Å²) in [6.45, 7) is 2.21. The number of nitrogens with zero attached hydrogens (tertiary/aromatic N) is 1. The van der Waals surface area contributed by atoms with Gasteiger partial charge in [-0.1, -0.05) is 22.0 Å². The van der Waals surface area contributed by atoms with Crippen LogP contribution >= 0.6 is 15.9 Å². The third kappa shape index (κ3) is 4.46. The van der Waals surface area contributed by atoms with E-state index in [0.29, 0.717) is 17.9 Å². The van der Waals surface area contributed by atoms with Gasteiger partial charge in [0.25, 0.3) is 10.0 Å². The smallest absolute Gasteiger partial charge is 0.276 e. The largest absolute Gasteiger partial charge is 0.504 e. The monoisotopic (exact) mass is 398 g/mol. The van der Waals surface area contributed by atoms with Crippen molar-refractivity contribution in [1.82, 2.24) is 4.83 Å². The highest BCUT2D eigenvalue weighted by molar-refractivity contribution is 9.10. The van der Waals surface area contributed by atoms with Crippen molar-refractivity contribution in [2.45, 2.75) is 11.8 Å². The Bertz CT molecular complexity index is 805. The fourth-order valence-electron chi connectivity index (χ4n) is 1.75. The number of hydrogen-bond acceptors (Lipinski definition) is 5. The summed E-state index contributed by atoms with van der Waals surface area (Å²) < 4.78 is 30.1. The molecule has 2 aromatic rings. The molecule has 0 amide bonds. The summed E-state index contributed by atoms with van der Waals surface area (Å²) in [6, 6.07) is 11.0. The van der Waals surface area contributed by atoms with E-state index in [1.807, 2.05) is 0 Å². The minimum atomic E-state index is -3.76. The van der Waals surface area contributed by atoms with E-state index < -0.39 is 10.0 Å². The molecule has 23 heavy (non-hydrogen) atoms. The van der Waals surface area contributed by atoms with Crippen molar-refractivity contribution in [3.63, 3.8) is 0 Å². The van der Waals surface area contributed by atoms with E-state index >= 15 is 0 Å². The average molecular weight is 399 g/mol. The molecule has 122 valence electrons. The lowest BCUT2D eigenvalue weighted by molar-refractivity contribution is 0.318. The van der Waals surface area contributed by atoms with Gasteiger partial charge in [0.2, 0.25) is 0 Å². The number of ether oxygens (including phenoxy) is 1. The van der Waals surface area contributed by atoms with E-state index in [1.54, 1.807) is 37.3 Å². The predicted octanol–water partition coefficient (Wildman–Crippen LogP) is 2.87. The number of aromatic hydroxyl groups is 1. The number of para-hydroxylation sites is 1. The first-order chi connectivity index (χ1) is 10.9. The number of rotatable bonds is 6. The number of benzene rings is 2. The molecule has 0 radical (unpaired) electrons. The van der Waals surface area contributed by atoms with Gasteiger partial charge in [0.05, 0.1) is 17.7 Å². The van der Waals surface area contributed by atoms with Gasteiger partial charge in [-0.3, -0.25) is 0 Å². The standard InChI is InChI=1S/C15H15BrN2O4S/c1-2-22-14-5-3-4-11(15(14)19)10-17-18-23(20,21)13-8-6-12(16)7-9-13/h3-10,18-19H,2H2,1H3/b17-10+. The van der Waals surface area contributed by atoms with Gasteiger partial charge in [0, 0.05) is 10.0 Å². The summed E-state index contributed by atoms with van der Waals surface area (Å²) in [4.78, 5) is 2.18. The van der Waals surface area contributed by atoms with Crippen molar-refractivity contribution in [2.75, 3.05) is 6.61 Å². The molecule has 0 heterocycles. The summed E-state index contributed by atoms with van der Waals surface area (Å²) in [5.41, 5.74) is 0.342. The van der Waals surface area contributed by atoms with Crippen LogP contribution in [-0.2, 0) is 10.0 Å². The summed E-state index contributed by atoms with van der Waals surface area (Å²) >= 11 is 3.24. The maximum atomic E-state index is 12.1. The quantitative estimate of drug-likeness (QED) is 0.578. The molecule has 2 aromatic carbocycles. The Morgan fingerprint density at radius 1 is 1.26 bits per heavy atom. The molecule has 0 aliphatic heterocycles. The second kappa shape index (κ2) is 7.47. The topological polar surface area (TPSA) is 88.0 Å². The zero-order valence-electron chi connectivity index (χ0n) is 12.2. The van der Waals surface area contributed by atoms with Gasteiger partial charge in [0.1, 0.15) is 0 Å². The Hall–Kier alpha value is -2.06. The number of hydrogen-bond donors (Lipinski definition) is 2. The fourth-order valence-corrected chi connectivity index (χ4v) is 2.80. The molecule has 0 unspecified atom stereocenters. The molecule has 0 atom stereocenters. The second-order valence-electron chi connectivity index (χ2n) is 4.43.